The molecular formula is C14H26N2O2. The van der Waals surface area contributed by atoms with Gasteiger partial charge in [-0.25, -0.2) is 0 Å². The van der Waals surface area contributed by atoms with Gasteiger partial charge in [-0.05, 0) is 25.3 Å². The third-order valence-electron chi connectivity index (χ3n) is 4.15. The molecule has 2 atom stereocenters. The van der Waals surface area contributed by atoms with Crippen molar-refractivity contribution < 1.29 is 9.53 Å². The molecule has 0 spiro atoms. The fraction of sp³-hybridized carbons (Fsp3) is 0.929. The van der Waals surface area contributed by atoms with Crippen molar-refractivity contribution in [2.24, 2.45) is 11.8 Å². The molecule has 2 unspecified atom stereocenters. The van der Waals surface area contributed by atoms with E-state index in [1.165, 1.54) is 19.3 Å². The summed E-state index contributed by atoms with van der Waals surface area (Å²) in [5, 5.41) is 6.47. The molecule has 1 saturated carbocycles. The van der Waals surface area contributed by atoms with Crippen molar-refractivity contribution in [2.75, 3.05) is 26.3 Å². The van der Waals surface area contributed by atoms with Crippen LogP contribution < -0.4 is 10.6 Å². The van der Waals surface area contributed by atoms with Crippen LogP contribution in [0.15, 0.2) is 0 Å². The zero-order valence-electron chi connectivity index (χ0n) is 11.4. The van der Waals surface area contributed by atoms with E-state index < -0.39 is 0 Å². The molecule has 1 aliphatic heterocycles. The molecule has 18 heavy (non-hydrogen) atoms. The molecule has 2 fully saturated rings. The van der Waals surface area contributed by atoms with E-state index in [0.717, 1.165) is 31.8 Å². The zero-order chi connectivity index (χ0) is 12.8. The van der Waals surface area contributed by atoms with E-state index in [0.29, 0.717) is 13.2 Å². The maximum absolute atomic E-state index is 12.1. The van der Waals surface area contributed by atoms with Gasteiger partial charge in [0, 0.05) is 12.6 Å². The van der Waals surface area contributed by atoms with Crippen LogP contribution in [0.3, 0.4) is 0 Å². The Balaban J connectivity index is 1.66. The Morgan fingerprint density at radius 2 is 2.11 bits per heavy atom. The van der Waals surface area contributed by atoms with Gasteiger partial charge in [0.25, 0.3) is 0 Å². The molecule has 2 N–H and O–H groups in total. The Kier molecular flexibility index (Phi) is 5.45. The topological polar surface area (TPSA) is 50.4 Å². The standard InChI is InChI=1S/C14H26N2O2/c1-2-7-15-13-10-18-9-12(13)14(17)16-8-6-11-4-3-5-11/h11-13,15H,2-10H2,1H3,(H,16,17). The highest BCUT2D eigenvalue weighted by Crippen LogP contribution is 2.28. The number of hydrogen-bond acceptors (Lipinski definition) is 3. The number of amides is 1. The Bertz CT molecular complexity index is 267. The average Bonchev–Trinajstić information content (AvgIpc) is 2.77. The number of carbonyl (C=O) groups is 1. The molecule has 0 aromatic rings. The summed E-state index contributed by atoms with van der Waals surface area (Å²) in [6.45, 7) is 5.16. The van der Waals surface area contributed by atoms with Gasteiger partial charge in [0.1, 0.15) is 0 Å². The smallest absolute Gasteiger partial charge is 0.227 e. The van der Waals surface area contributed by atoms with Crippen molar-refractivity contribution in [1.82, 2.24) is 10.6 Å². The van der Waals surface area contributed by atoms with E-state index in [1.807, 2.05) is 0 Å². The summed E-state index contributed by atoms with van der Waals surface area (Å²) in [7, 11) is 0. The lowest BCUT2D eigenvalue weighted by molar-refractivity contribution is -0.125. The van der Waals surface area contributed by atoms with Crippen molar-refractivity contribution >= 4 is 5.91 Å². The molecule has 4 heteroatoms. The van der Waals surface area contributed by atoms with E-state index in [4.69, 9.17) is 4.74 Å². The van der Waals surface area contributed by atoms with E-state index in [9.17, 15) is 4.79 Å². The Hall–Kier alpha value is -0.610. The van der Waals surface area contributed by atoms with Crippen LogP contribution in [0.25, 0.3) is 0 Å². The van der Waals surface area contributed by atoms with Gasteiger partial charge < -0.3 is 15.4 Å². The van der Waals surface area contributed by atoms with E-state index in [2.05, 4.69) is 17.6 Å². The van der Waals surface area contributed by atoms with Crippen molar-refractivity contribution in [3.05, 3.63) is 0 Å². The summed E-state index contributed by atoms with van der Waals surface area (Å²) >= 11 is 0. The van der Waals surface area contributed by atoms with Gasteiger partial charge in [0.15, 0.2) is 0 Å². The molecular weight excluding hydrogens is 228 g/mol. The minimum Gasteiger partial charge on any atom is -0.379 e. The van der Waals surface area contributed by atoms with Gasteiger partial charge in [-0.1, -0.05) is 26.2 Å². The van der Waals surface area contributed by atoms with Gasteiger partial charge in [-0.3, -0.25) is 4.79 Å². The second-order valence-corrected chi connectivity index (χ2v) is 5.58. The van der Waals surface area contributed by atoms with E-state index in [-0.39, 0.29) is 17.9 Å². The average molecular weight is 254 g/mol. The SMILES string of the molecule is CCCNC1COCC1C(=O)NCCC1CCC1. The van der Waals surface area contributed by atoms with Crippen LogP contribution >= 0.6 is 0 Å². The van der Waals surface area contributed by atoms with Crippen LogP contribution in [0.1, 0.15) is 39.0 Å². The van der Waals surface area contributed by atoms with Crippen molar-refractivity contribution in [1.29, 1.82) is 0 Å². The van der Waals surface area contributed by atoms with Crippen LogP contribution in [-0.2, 0) is 9.53 Å². The van der Waals surface area contributed by atoms with Gasteiger partial charge in [0.05, 0.1) is 19.1 Å². The minimum atomic E-state index is -0.00191. The summed E-state index contributed by atoms with van der Waals surface area (Å²) in [6, 6.07) is 0.202. The first kappa shape index (κ1) is 13.8. The molecule has 2 aliphatic rings. The van der Waals surface area contributed by atoms with Gasteiger partial charge in [0.2, 0.25) is 5.91 Å². The van der Waals surface area contributed by atoms with Crippen LogP contribution in [0.2, 0.25) is 0 Å². The van der Waals surface area contributed by atoms with Crippen LogP contribution in [0.4, 0.5) is 0 Å². The molecule has 0 bridgehead atoms. The quantitative estimate of drug-likeness (QED) is 0.720. The first-order valence-electron chi connectivity index (χ1n) is 7.40. The molecule has 0 radical (unpaired) electrons. The molecule has 0 aromatic heterocycles. The summed E-state index contributed by atoms with van der Waals surface area (Å²) in [5.41, 5.74) is 0. The Labute approximate surface area is 110 Å². The van der Waals surface area contributed by atoms with Gasteiger partial charge in [-0.15, -0.1) is 0 Å². The number of nitrogens with one attached hydrogen (secondary N) is 2. The predicted molar refractivity (Wildman–Crippen MR) is 71.4 cm³/mol. The zero-order valence-corrected chi connectivity index (χ0v) is 11.4. The summed E-state index contributed by atoms with van der Waals surface area (Å²) < 4.78 is 5.42. The fourth-order valence-corrected chi connectivity index (χ4v) is 2.66. The highest BCUT2D eigenvalue weighted by atomic mass is 16.5. The third kappa shape index (κ3) is 3.69. The highest BCUT2D eigenvalue weighted by molar-refractivity contribution is 5.79. The molecule has 1 heterocycles. The van der Waals surface area contributed by atoms with Gasteiger partial charge in [-0.2, -0.15) is 0 Å². The normalized spacial score (nSPS) is 28.1. The number of ether oxygens (including phenoxy) is 1. The van der Waals surface area contributed by atoms with Crippen molar-refractivity contribution in [3.8, 4) is 0 Å². The lowest BCUT2D eigenvalue weighted by Gasteiger charge is -2.25. The highest BCUT2D eigenvalue weighted by Gasteiger charge is 2.33. The molecule has 2 rings (SSSR count). The van der Waals surface area contributed by atoms with Gasteiger partial charge >= 0.3 is 0 Å². The van der Waals surface area contributed by atoms with E-state index >= 15 is 0 Å². The molecule has 1 saturated heterocycles. The minimum absolute atomic E-state index is 0.00191. The molecule has 0 aromatic carbocycles. The Morgan fingerprint density at radius 3 is 2.78 bits per heavy atom. The van der Waals surface area contributed by atoms with Crippen LogP contribution in [-0.4, -0.2) is 38.3 Å². The monoisotopic (exact) mass is 254 g/mol. The van der Waals surface area contributed by atoms with Crippen molar-refractivity contribution in [2.45, 2.75) is 45.1 Å². The largest absolute Gasteiger partial charge is 0.379 e. The summed E-state index contributed by atoms with van der Waals surface area (Å²) in [4.78, 5) is 12.1. The van der Waals surface area contributed by atoms with Crippen LogP contribution in [0, 0.1) is 11.8 Å². The maximum Gasteiger partial charge on any atom is 0.227 e. The first-order valence-corrected chi connectivity index (χ1v) is 7.40. The second kappa shape index (κ2) is 7.10. The molecule has 104 valence electrons. The Morgan fingerprint density at radius 1 is 1.28 bits per heavy atom. The third-order valence-corrected chi connectivity index (χ3v) is 4.15. The molecule has 1 aliphatic carbocycles. The van der Waals surface area contributed by atoms with Crippen molar-refractivity contribution in [3.63, 3.8) is 0 Å². The lowest BCUT2D eigenvalue weighted by atomic mass is 9.83. The number of carbonyl (C=O) groups excluding carboxylic acids is 1. The fourth-order valence-electron chi connectivity index (χ4n) is 2.66. The second-order valence-electron chi connectivity index (χ2n) is 5.58. The number of hydrogen-bond donors (Lipinski definition) is 2. The number of rotatable bonds is 7. The molecule has 1 amide bonds. The maximum atomic E-state index is 12.1. The van der Waals surface area contributed by atoms with E-state index in [1.54, 1.807) is 0 Å². The summed E-state index contributed by atoms with van der Waals surface area (Å²) in [5.74, 6) is 1.03. The summed E-state index contributed by atoms with van der Waals surface area (Å²) in [6.07, 6.45) is 6.31. The predicted octanol–water partition coefficient (Wildman–Crippen LogP) is 1.31. The lowest BCUT2D eigenvalue weighted by Crippen LogP contribution is -2.44. The van der Waals surface area contributed by atoms with Crippen LogP contribution in [0.5, 0.6) is 0 Å². The molecule has 4 nitrogen and oxygen atoms in total. The first-order chi connectivity index (χ1) is 8.81.